The topological polar surface area (TPSA) is 78.9 Å². The van der Waals surface area contributed by atoms with Crippen molar-refractivity contribution in [2.75, 3.05) is 13.2 Å². The number of hydrogen-bond donors (Lipinski definition) is 0. The molecule has 0 saturated heterocycles. The van der Waals surface area contributed by atoms with Gasteiger partial charge in [0.25, 0.3) is 0 Å². The molecule has 78 heavy (non-hydrogen) atoms. The molecule has 0 amide bonds. The van der Waals surface area contributed by atoms with Crippen molar-refractivity contribution in [2.45, 2.75) is 419 Å². The first kappa shape index (κ1) is 76.1. The number of rotatable bonds is 67. The van der Waals surface area contributed by atoms with Gasteiger partial charge in [0.15, 0.2) is 6.10 Å². The lowest BCUT2D eigenvalue weighted by Gasteiger charge is -2.18. The van der Waals surface area contributed by atoms with Crippen LogP contribution in [0.2, 0.25) is 0 Å². The van der Waals surface area contributed by atoms with Crippen LogP contribution < -0.4 is 0 Å². The summed E-state index contributed by atoms with van der Waals surface area (Å²) in [5, 5.41) is 0. The summed E-state index contributed by atoms with van der Waals surface area (Å²) in [6, 6.07) is 0. The van der Waals surface area contributed by atoms with E-state index < -0.39 is 6.10 Å². The van der Waals surface area contributed by atoms with Crippen molar-refractivity contribution >= 4 is 17.9 Å². The average Bonchev–Trinajstić information content (AvgIpc) is 3.44. The molecule has 1 unspecified atom stereocenters. The maximum absolute atomic E-state index is 13.0. The second-order valence-corrected chi connectivity index (χ2v) is 24.5. The van der Waals surface area contributed by atoms with E-state index in [0.29, 0.717) is 19.3 Å². The molecule has 0 aromatic rings. The molecule has 0 aromatic heterocycles. The van der Waals surface area contributed by atoms with E-state index in [4.69, 9.17) is 14.2 Å². The first-order valence-electron chi connectivity index (χ1n) is 35.7. The molecule has 6 heteroatoms. The molecule has 0 bridgehead atoms. The Kier molecular flexibility index (Phi) is 66.0. The minimum atomic E-state index is -0.766. The molecule has 1 atom stereocenters. The van der Waals surface area contributed by atoms with E-state index in [1.807, 2.05) is 0 Å². The van der Waals surface area contributed by atoms with Gasteiger partial charge >= 0.3 is 17.9 Å². The number of esters is 3. The molecule has 0 radical (unpaired) electrons. The van der Waals surface area contributed by atoms with Crippen molar-refractivity contribution < 1.29 is 28.6 Å². The molecule has 0 aliphatic carbocycles. The Morgan fingerprint density at radius 1 is 0.244 bits per heavy atom. The molecule has 6 nitrogen and oxygen atoms in total. The van der Waals surface area contributed by atoms with Gasteiger partial charge in [-0.25, -0.2) is 0 Å². The highest BCUT2D eigenvalue weighted by Crippen LogP contribution is 2.19. The number of carbonyl (C=O) groups is 3. The highest BCUT2D eigenvalue weighted by atomic mass is 16.6. The van der Waals surface area contributed by atoms with E-state index in [-0.39, 0.29) is 31.1 Å². The minimum Gasteiger partial charge on any atom is -0.462 e. The van der Waals surface area contributed by atoms with Crippen LogP contribution in [0.25, 0.3) is 0 Å². The second-order valence-electron chi connectivity index (χ2n) is 24.5. The molecule has 0 fully saturated rings. The van der Waals surface area contributed by atoms with Crippen molar-refractivity contribution in [2.24, 2.45) is 0 Å². The Bertz CT molecular complexity index is 1210. The lowest BCUT2D eigenvalue weighted by Crippen LogP contribution is -2.30. The van der Waals surface area contributed by atoms with Crippen LogP contribution >= 0.6 is 0 Å². The Morgan fingerprint density at radius 3 is 0.641 bits per heavy atom. The van der Waals surface area contributed by atoms with Crippen LogP contribution in [-0.4, -0.2) is 37.2 Å². The number of hydrogen-bond acceptors (Lipinski definition) is 6. The molecule has 0 aromatic carbocycles. The zero-order valence-corrected chi connectivity index (χ0v) is 53.2. The van der Waals surface area contributed by atoms with Gasteiger partial charge in [-0.15, -0.1) is 0 Å². The van der Waals surface area contributed by atoms with Gasteiger partial charge in [-0.2, -0.15) is 0 Å². The summed E-state index contributed by atoms with van der Waals surface area (Å²) in [4.78, 5) is 38.5. The quantitative estimate of drug-likeness (QED) is 0.0261. The van der Waals surface area contributed by atoms with Gasteiger partial charge in [0.05, 0.1) is 0 Å². The SMILES string of the molecule is CCCCCCCCCC/C=C\CCCCCCCCCCCCCC(=O)OCC(COC(=O)CCCCCCCCCCCCCCCCCC)OC(=O)CCCCCCCCCCCCCCCCCCCCCCC. The molecule has 462 valence electrons. The highest BCUT2D eigenvalue weighted by Gasteiger charge is 2.19. The molecule has 0 saturated carbocycles. The number of allylic oxidation sites excluding steroid dienone is 2. The molecule has 0 rings (SSSR count). The van der Waals surface area contributed by atoms with Crippen molar-refractivity contribution in [3.63, 3.8) is 0 Å². The van der Waals surface area contributed by atoms with Gasteiger partial charge in [-0.3, -0.25) is 14.4 Å². The van der Waals surface area contributed by atoms with Crippen molar-refractivity contribution in [1.29, 1.82) is 0 Å². The van der Waals surface area contributed by atoms with Gasteiger partial charge in [0.2, 0.25) is 0 Å². The highest BCUT2D eigenvalue weighted by molar-refractivity contribution is 5.71. The fourth-order valence-electron chi connectivity index (χ4n) is 11.2. The average molecular weight is 1100 g/mol. The van der Waals surface area contributed by atoms with Crippen molar-refractivity contribution in [3.05, 3.63) is 12.2 Å². The van der Waals surface area contributed by atoms with Crippen LogP contribution in [0.15, 0.2) is 12.2 Å². The third kappa shape index (κ3) is 65.0. The second kappa shape index (κ2) is 67.7. The Morgan fingerprint density at radius 2 is 0.423 bits per heavy atom. The monoisotopic (exact) mass is 1100 g/mol. The molecular formula is C72H138O6. The predicted octanol–water partition coefficient (Wildman–Crippen LogP) is 24.4. The molecule has 0 spiro atoms. The summed E-state index contributed by atoms with van der Waals surface area (Å²) in [6.45, 7) is 6.74. The van der Waals surface area contributed by atoms with Crippen LogP contribution in [0.5, 0.6) is 0 Å². The van der Waals surface area contributed by atoms with Crippen LogP contribution in [0.3, 0.4) is 0 Å². The lowest BCUT2D eigenvalue weighted by molar-refractivity contribution is -0.167. The van der Waals surface area contributed by atoms with Crippen LogP contribution in [0.4, 0.5) is 0 Å². The number of carbonyl (C=O) groups excluding carboxylic acids is 3. The standard InChI is InChI=1S/C72H138O6/c1-4-7-10-13-16-19-22-25-28-31-33-35-36-38-39-41-44-47-50-53-56-59-62-65-71(74)77-68-69(67-76-70(73)64-61-58-55-52-49-46-43-30-27-24-21-18-15-12-9-6-3)78-72(75)66-63-60-57-54-51-48-45-42-40-37-34-32-29-26-23-20-17-14-11-8-5-2/h31,33,69H,4-30,32,34-68H2,1-3H3/b33-31-. The fraction of sp³-hybridized carbons (Fsp3) is 0.931. The molecule has 0 aliphatic rings. The summed E-state index contributed by atoms with van der Waals surface area (Å²) in [5.41, 5.74) is 0. The summed E-state index contributed by atoms with van der Waals surface area (Å²) in [5.74, 6) is -0.825. The Hall–Kier alpha value is -1.85. The number of ether oxygens (including phenoxy) is 3. The molecular weight excluding hydrogens is 961 g/mol. The fourth-order valence-corrected chi connectivity index (χ4v) is 11.2. The minimum absolute atomic E-state index is 0.0627. The van der Waals surface area contributed by atoms with E-state index in [0.717, 1.165) is 57.8 Å². The summed E-state index contributed by atoms with van der Waals surface area (Å²) >= 11 is 0. The Labute approximate surface area is 488 Å². The van der Waals surface area contributed by atoms with E-state index in [2.05, 4.69) is 32.9 Å². The van der Waals surface area contributed by atoms with Crippen molar-refractivity contribution in [1.82, 2.24) is 0 Å². The largest absolute Gasteiger partial charge is 0.462 e. The van der Waals surface area contributed by atoms with Gasteiger partial charge in [0, 0.05) is 19.3 Å². The maximum Gasteiger partial charge on any atom is 0.306 e. The summed E-state index contributed by atoms with van der Waals surface area (Å²) in [6.07, 6.45) is 80.9. The van der Waals surface area contributed by atoms with Crippen molar-refractivity contribution in [3.8, 4) is 0 Å². The molecule has 0 aliphatic heterocycles. The van der Waals surface area contributed by atoms with E-state index >= 15 is 0 Å². The summed E-state index contributed by atoms with van der Waals surface area (Å²) < 4.78 is 17.0. The number of unbranched alkanes of at least 4 members (excludes halogenated alkanes) is 54. The molecule has 0 heterocycles. The maximum atomic E-state index is 13.0. The first-order valence-corrected chi connectivity index (χ1v) is 35.7. The predicted molar refractivity (Wildman–Crippen MR) is 340 cm³/mol. The molecule has 0 N–H and O–H groups in total. The van der Waals surface area contributed by atoms with Crippen LogP contribution in [0, 0.1) is 0 Å². The third-order valence-electron chi connectivity index (χ3n) is 16.5. The smallest absolute Gasteiger partial charge is 0.306 e. The van der Waals surface area contributed by atoms with Gasteiger partial charge in [0.1, 0.15) is 13.2 Å². The lowest BCUT2D eigenvalue weighted by atomic mass is 10.0. The summed E-state index contributed by atoms with van der Waals surface area (Å²) in [7, 11) is 0. The first-order chi connectivity index (χ1) is 38.5. The van der Waals surface area contributed by atoms with E-state index in [1.54, 1.807) is 0 Å². The Balaban J connectivity index is 4.26. The van der Waals surface area contributed by atoms with Crippen LogP contribution in [0.1, 0.15) is 412 Å². The van der Waals surface area contributed by atoms with E-state index in [1.165, 1.54) is 315 Å². The zero-order chi connectivity index (χ0) is 56.4. The van der Waals surface area contributed by atoms with Crippen LogP contribution in [-0.2, 0) is 28.6 Å². The normalized spacial score (nSPS) is 12.0. The third-order valence-corrected chi connectivity index (χ3v) is 16.5. The van der Waals surface area contributed by atoms with Gasteiger partial charge in [-0.05, 0) is 44.9 Å². The van der Waals surface area contributed by atoms with E-state index in [9.17, 15) is 14.4 Å². The van der Waals surface area contributed by atoms with Gasteiger partial charge in [-0.1, -0.05) is 360 Å². The van der Waals surface area contributed by atoms with Gasteiger partial charge < -0.3 is 14.2 Å². The zero-order valence-electron chi connectivity index (χ0n) is 53.2.